The highest BCUT2D eigenvalue weighted by atomic mass is 32.1. The molecule has 7 heteroatoms. The highest BCUT2D eigenvalue weighted by molar-refractivity contribution is 7.08. The van der Waals surface area contributed by atoms with Crippen LogP contribution in [0.25, 0.3) is 17.0 Å². The lowest BCUT2D eigenvalue weighted by atomic mass is 10.2. The van der Waals surface area contributed by atoms with Crippen molar-refractivity contribution >= 4 is 22.8 Å². The van der Waals surface area contributed by atoms with Crippen LogP contribution >= 0.6 is 11.3 Å². The third-order valence-corrected chi connectivity index (χ3v) is 4.62. The van der Waals surface area contributed by atoms with Gasteiger partial charge < -0.3 is 10.1 Å². The lowest BCUT2D eigenvalue weighted by Gasteiger charge is -2.16. The summed E-state index contributed by atoms with van der Waals surface area (Å²) in [6, 6.07) is 13.9. The quantitative estimate of drug-likeness (QED) is 0.559. The van der Waals surface area contributed by atoms with Gasteiger partial charge in [0.05, 0.1) is 6.54 Å². The number of anilines is 1. The molecule has 0 spiro atoms. The smallest absolute Gasteiger partial charge is 0.186 e. The number of nitrogens with one attached hydrogen (secondary N) is 1. The summed E-state index contributed by atoms with van der Waals surface area (Å²) in [5.74, 6) is 2.38. The van der Waals surface area contributed by atoms with Gasteiger partial charge in [-0.25, -0.2) is 0 Å². The first-order chi connectivity index (χ1) is 12.7. The zero-order valence-corrected chi connectivity index (χ0v) is 15.4. The number of ether oxygens (including phenoxy) is 1. The van der Waals surface area contributed by atoms with E-state index in [-0.39, 0.29) is 6.10 Å². The standard InChI is InChI=1S/C19H19N5OS/c1-13-4-3-5-16(10-13)25-14(2)11-20-17-6-7-18-21-22-19(24(18)23-17)15-8-9-26-12-15/h3-10,12,14H,11H2,1-2H3,(H,20,23). The van der Waals surface area contributed by atoms with Crippen LogP contribution in [0.4, 0.5) is 5.82 Å². The first-order valence-corrected chi connectivity index (χ1v) is 9.35. The Morgan fingerprint density at radius 3 is 2.92 bits per heavy atom. The van der Waals surface area contributed by atoms with Gasteiger partial charge in [0, 0.05) is 10.9 Å². The van der Waals surface area contributed by atoms with Crippen LogP contribution in [0.5, 0.6) is 5.75 Å². The molecule has 0 aliphatic rings. The summed E-state index contributed by atoms with van der Waals surface area (Å²) in [6.07, 6.45) is 0.00607. The number of thiophene rings is 1. The minimum Gasteiger partial charge on any atom is -0.489 e. The van der Waals surface area contributed by atoms with Crippen LogP contribution in [0.1, 0.15) is 12.5 Å². The summed E-state index contributed by atoms with van der Waals surface area (Å²) in [5, 5.41) is 20.4. The molecule has 0 amide bonds. The minimum absolute atomic E-state index is 0.00607. The number of aryl methyl sites for hydroxylation is 1. The lowest BCUT2D eigenvalue weighted by Crippen LogP contribution is -2.23. The van der Waals surface area contributed by atoms with Crippen molar-refractivity contribution < 1.29 is 4.74 Å². The van der Waals surface area contributed by atoms with E-state index in [1.165, 1.54) is 5.56 Å². The van der Waals surface area contributed by atoms with Gasteiger partial charge in [0.25, 0.3) is 0 Å². The van der Waals surface area contributed by atoms with E-state index in [0.717, 1.165) is 28.6 Å². The molecule has 0 saturated carbocycles. The molecule has 0 aliphatic carbocycles. The van der Waals surface area contributed by atoms with Gasteiger partial charge in [-0.2, -0.15) is 15.9 Å². The fourth-order valence-electron chi connectivity index (χ4n) is 2.67. The Labute approximate surface area is 155 Å². The van der Waals surface area contributed by atoms with Crippen LogP contribution in [0.15, 0.2) is 53.2 Å². The Hall–Kier alpha value is -2.93. The van der Waals surface area contributed by atoms with Gasteiger partial charge in [0.15, 0.2) is 11.5 Å². The molecule has 132 valence electrons. The molecule has 0 aliphatic heterocycles. The fraction of sp³-hybridized carbons (Fsp3) is 0.211. The fourth-order valence-corrected chi connectivity index (χ4v) is 3.30. The van der Waals surface area contributed by atoms with Crippen LogP contribution in [0.3, 0.4) is 0 Å². The Morgan fingerprint density at radius 1 is 1.19 bits per heavy atom. The molecule has 0 radical (unpaired) electrons. The first kappa shape index (κ1) is 16.5. The first-order valence-electron chi connectivity index (χ1n) is 8.41. The molecule has 0 bridgehead atoms. The largest absolute Gasteiger partial charge is 0.489 e. The number of hydrogen-bond donors (Lipinski definition) is 1. The van der Waals surface area contributed by atoms with Crippen molar-refractivity contribution in [3.8, 4) is 17.1 Å². The molecule has 6 nitrogen and oxygen atoms in total. The molecule has 0 fully saturated rings. The molecule has 26 heavy (non-hydrogen) atoms. The number of fused-ring (bicyclic) bond motifs is 1. The van der Waals surface area contributed by atoms with Crippen LogP contribution in [-0.4, -0.2) is 32.5 Å². The number of aromatic nitrogens is 4. The van der Waals surface area contributed by atoms with Gasteiger partial charge >= 0.3 is 0 Å². The van der Waals surface area contributed by atoms with E-state index in [1.54, 1.807) is 15.9 Å². The van der Waals surface area contributed by atoms with Crippen molar-refractivity contribution in [1.82, 2.24) is 19.8 Å². The average molecular weight is 365 g/mol. The van der Waals surface area contributed by atoms with Crippen molar-refractivity contribution in [2.75, 3.05) is 11.9 Å². The lowest BCUT2D eigenvalue weighted by molar-refractivity contribution is 0.234. The number of nitrogens with zero attached hydrogens (tertiary/aromatic N) is 4. The van der Waals surface area contributed by atoms with E-state index in [4.69, 9.17) is 4.74 Å². The van der Waals surface area contributed by atoms with E-state index in [2.05, 4.69) is 33.6 Å². The van der Waals surface area contributed by atoms with Gasteiger partial charge in [-0.15, -0.1) is 15.3 Å². The number of hydrogen-bond acceptors (Lipinski definition) is 6. The second-order valence-electron chi connectivity index (χ2n) is 6.15. The zero-order chi connectivity index (χ0) is 17.9. The van der Waals surface area contributed by atoms with Crippen molar-refractivity contribution in [2.24, 2.45) is 0 Å². The summed E-state index contributed by atoms with van der Waals surface area (Å²) in [4.78, 5) is 0. The Bertz CT molecular complexity index is 1010. The minimum atomic E-state index is 0.00607. The summed E-state index contributed by atoms with van der Waals surface area (Å²) in [7, 11) is 0. The SMILES string of the molecule is Cc1cccc(OC(C)CNc2ccc3nnc(-c4ccsc4)n3n2)c1. The van der Waals surface area contributed by atoms with Crippen LogP contribution in [0.2, 0.25) is 0 Å². The molecule has 1 N–H and O–H groups in total. The van der Waals surface area contributed by atoms with Crippen molar-refractivity contribution in [1.29, 1.82) is 0 Å². The Kier molecular flexibility index (Phi) is 4.53. The molecule has 3 aromatic heterocycles. The molecule has 4 aromatic rings. The van der Waals surface area contributed by atoms with Crippen LogP contribution in [0, 0.1) is 6.92 Å². The number of rotatable bonds is 6. The highest BCUT2D eigenvalue weighted by Crippen LogP contribution is 2.21. The summed E-state index contributed by atoms with van der Waals surface area (Å²) in [6.45, 7) is 4.73. The molecule has 1 atom stereocenters. The maximum absolute atomic E-state index is 5.95. The Balaban J connectivity index is 1.46. The predicted molar refractivity (Wildman–Crippen MR) is 104 cm³/mol. The van der Waals surface area contributed by atoms with Gasteiger partial charge in [-0.1, -0.05) is 12.1 Å². The molecular formula is C19H19N5OS. The van der Waals surface area contributed by atoms with Gasteiger partial charge in [-0.3, -0.25) is 0 Å². The third-order valence-electron chi connectivity index (χ3n) is 3.94. The van der Waals surface area contributed by atoms with Crippen LogP contribution < -0.4 is 10.1 Å². The zero-order valence-electron chi connectivity index (χ0n) is 14.6. The second kappa shape index (κ2) is 7.13. The molecule has 4 rings (SSSR count). The molecular weight excluding hydrogens is 346 g/mol. The molecule has 1 unspecified atom stereocenters. The Morgan fingerprint density at radius 2 is 2.12 bits per heavy atom. The predicted octanol–water partition coefficient (Wildman–Crippen LogP) is 4.04. The van der Waals surface area contributed by atoms with E-state index in [9.17, 15) is 0 Å². The highest BCUT2D eigenvalue weighted by Gasteiger charge is 2.11. The van der Waals surface area contributed by atoms with Gasteiger partial charge in [0.1, 0.15) is 17.7 Å². The van der Waals surface area contributed by atoms with Gasteiger partial charge in [0.2, 0.25) is 0 Å². The van der Waals surface area contributed by atoms with Crippen molar-refractivity contribution in [3.63, 3.8) is 0 Å². The third kappa shape index (κ3) is 3.52. The average Bonchev–Trinajstić information content (AvgIpc) is 3.29. The monoisotopic (exact) mass is 365 g/mol. The topological polar surface area (TPSA) is 64.3 Å². The van der Waals surface area contributed by atoms with E-state index >= 15 is 0 Å². The van der Waals surface area contributed by atoms with Crippen molar-refractivity contribution in [3.05, 3.63) is 58.8 Å². The maximum Gasteiger partial charge on any atom is 0.186 e. The molecule has 3 heterocycles. The number of benzene rings is 1. The van der Waals surface area contributed by atoms with Crippen molar-refractivity contribution in [2.45, 2.75) is 20.0 Å². The van der Waals surface area contributed by atoms with Crippen LogP contribution in [-0.2, 0) is 0 Å². The molecule has 1 aromatic carbocycles. The molecule has 0 saturated heterocycles. The van der Waals surface area contributed by atoms with E-state index in [1.807, 2.05) is 54.1 Å². The van der Waals surface area contributed by atoms with E-state index < -0.39 is 0 Å². The second-order valence-corrected chi connectivity index (χ2v) is 6.93. The summed E-state index contributed by atoms with van der Waals surface area (Å²) < 4.78 is 7.71. The summed E-state index contributed by atoms with van der Waals surface area (Å²) >= 11 is 1.63. The maximum atomic E-state index is 5.95. The summed E-state index contributed by atoms with van der Waals surface area (Å²) in [5.41, 5.74) is 2.92. The van der Waals surface area contributed by atoms with Gasteiger partial charge in [-0.05, 0) is 55.1 Å². The van der Waals surface area contributed by atoms with E-state index in [0.29, 0.717) is 6.54 Å². The normalized spacial score (nSPS) is 12.2.